The molecule has 0 unspecified atom stereocenters. The van der Waals surface area contributed by atoms with Gasteiger partial charge >= 0.3 is 5.97 Å². The lowest BCUT2D eigenvalue weighted by Gasteiger charge is -2.11. The lowest BCUT2D eigenvalue weighted by Crippen LogP contribution is -2.32. The lowest BCUT2D eigenvalue weighted by molar-refractivity contribution is -0.196. The van der Waals surface area contributed by atoms with Crippen molar-refractivity contribution < 1.29 is 24.0 Å². The van der Waals surface area contributed by atoms with Crippen LogP contribution in [-0.2, 0) is 24.0 Å². The van der Waals surface area contributed by atoms with Crippen LogP contribution in [0.1, 0.15) is 25.7 Å². The van der Waals surface area contributed by atoms with Gasteiger partial charge in [0, 0.05) is 25.0 Å². The van der Waals surface area contributed by atoms with Gasteiger partial charge in [-0.05, 0) is 12.8 Å². The fraction of sp³-hybridized carbons (Fsp3) is 0.400. The largest absolute Gasteiger partial charge is 0.333 e. The maximum absolute atomic E-state index is 11.2. The SMILES string of the molecule is O=[C]CCCCC(=O)ON1C(=O)C=CC1=O. The second-order valence-electron chi connectivity index (χ2n) is 3.12. The number of amides is 2. The van der Waals surface area contributed by atoms with Crippen LogP contribution in [0, 0.1) is 0 Å². The van der Waals surface area contributed by atoms with Gasteiger partial charge in [-0.2, -0.15) is 0 Å². The van der Waals surface area contributed by atoms with E-state index in [-0.39, 0.29) is 12.8 Å². The van der Waals surface area contributed by atoms with E-state index in [9.17, 15) is 19.2 Å². The van der Waals surface area contributed by atoms with E-state index in [0.717, 1.165) is 12.2 Å². The van der Waals surface area contributed by atoms with Gasteiger partial charge in [-0.1, -0.05) is 5.06 Å². The van der Waals surface area contributed by atoms with Crippen molar-refractivity contribution in [1.29, 1.82) is 0 Å². The fourth-order valence-electron chi connectivity index (χ4n) is 1.09. The van der Waals surface area contributed by atoms with Crippen molar-refractivity contribution in [2.75, 3.05) is 0 Å². The highest BCUT2D eigenvalue weighted by molar-refractivity contribution is 6.12. The maximum atomic E-state index is 11.2. The standard InChI is InChI=1S/C10H10NO5/c12-7-3-1-2-4-10(15)16-11-8(13)5-6-9(11)14/h5-6H,1-4H2. The molecule has 0 aromatic rings. The van der Waals surface area contributed by atoms with Crippen LogP contribution in [0.2, 0.25) is 0 Å². The molecule has 1 rings (SSSR count). The van der Waals surface area contributed by atoms with E-state index in [1.54, 1.807) is 6.29 Å². The molecule has 0 fully saturated rings. The predicted molar refractivity (Wildman–Crippen MR) is 51.2 cm³/mol. The molecule has 0 N–H and O–H groups in total. The van der Waals surface area contributed by atoms with Gasteiger partial charge in [0.05, 0.1) is 0 Å². The molecule has 0 aromatic carbocycles. The molecule has 0 spiro atoms. The quantitative estimate of drug-likeness (QED) is 0.470. The van der Waals surface area contributed by atoms with Crippen molar-refractivity contribution >= 4 is 24.1 Å². The molecule has 0 bridgehead atoms. The Morgan fingerprint density at radius 1 is 1.25 bits per heavy atom. The number of hydrogen-bond acceptors (Lipinski definition) is 5. The summed E-state index contributed by atoms with van der Waals surface area (Å²) in [6.07, 6.45) is 5.04. The highest BCUT2D eigenvalue weighted by Gasteiger charge is 2.27. The first-order valence-corrected chi connectivity index (χ1v) is 4.77. The highest BCUT2D eigenvalue weighted by atomic mass is 16.7. The normalized spacial score (nSPS) is 14.4. The summed E-state index contributed by atoms with van der Waals surface area (Å²) in [5, 5.41) is 0.411. The number of unbranched alkanes of at least 4 members (excludes halogenated alkanes) is 2. The number of nitrogens with zero attached hydrogens (tertiary/aromatic N) is 1. The van der Waals surface area contributed by atoms with Crippen molar-refractivity contribution in [1.82, 2.24) is 5.06 Å². The molecule has 2 amide bonds. The van der Waals surface area contributed by atoms with Crippen molar-refractivity contribution in [2.45, 2.75) is 25.7 Å². The number of rotatable bonds is 6. The van der Waals surface area contributed by atoms with E-state index in [4.69, 9.17) is 0 Å². The second-order valence-corrected chi connectivity index (χ2v) is 3.12. The van der Waals surface area contributed by atoms with E-state index in [1.165, 1.54) is 0 Å². The van der Waals surface area contributed by atoms with Gasteiger partial charge < -0.3 is 4.84 Å². The van der Waals surface area contributed by atoms with Gasteiger partial charge in [0.1, 0.15) is 0 Å². The van der Waals surface area contributed by atoms with Crippen LogP contribution in [-0.4, -0.2) is 29.1 Å². The molecule has 1 heterocycles. The molecule has 6 nitrogen and oxygen atoms in total. The summed E-state index contributed by atoms with van der Waals surface area (Å²) in [7, 11) is 0. The van der Waals surface area contributed by atoms with E-state index >= 15 is 0 Å². The molecule has 0 atom stereocenters. The number of hydroxylamine groups is 2. The summed E-state index contributed by atoms with van der Waals surface area (Å²) in [4.78, 5) is 47.5. The van der Waals surface area contributed by atoms with Gasteiger partial charge in [0.2, 0.25) is 0 Å². The van der Waals surface area contributed by atoms with E-state index in [0.29, 0.717) is 17.9 Å². The number of carbonyl (C=O) groups excluding carboxylic acids is 4. The van der Waals surface area contributed by atoms with Crippen LogP contribution >= 0.6 is 0 Å². The molecule has 0 aliphatic carbocycles. The molecule has 0 aromatic heterocycles. The van der Waals surface area contributed by atoms with Crippen molar-refractivity contribution in [3.05, 3.63) is 12.2 Å². The molecule has 1 aliphatic rings. The Morgan fingerprint density at radius 2 is 1.88 bits per heavy atom. The first-order valence-electron chi connectivity index (χ1n) is 4.77. The Kier molecular flexibility index (Phi) is 4.38. The highest BCUT2D eigenvalue weighted by Crippen LogP contribution is 2.07. The average Bonchev–Trinajstić information content (AvgIpc) is 2.56. The summed E-state index contributed by atoms with van der Waals surface area (Å²) in [5.74, 6) is -2.00. The molecule has 16 heavy (non-hydrogen) atoms. The maximum Gasteiger partial charge on any atom is 0.333 e. The first-order chi connectivity index (χ1) is 7.65. The molecule has 0 saturated carbocycles. The van der Waals surface area contributed by atoms with E-state index in [1.807, 2.05) is 0 Å². The Balaban J connectivity index is 2.26. The van der Waals surface area contributed by atoms with Crippen LogP contribution in [0.4, 0.5) is 0 Å². The zero-order valence-corrected chi connectivity index (χ0v) is 8.47. The van der Waals surface area contributed by atoms with Gasteiger partial charge in [0.25, 0.3) is 11.8 Å². The number of carbonyl (C=O) groups is 3. The Labute approximate surface area is 91.8 Å². The molecule has 1 radical (unpaired) electrons. The summed E-state index contributed by atoms with van der Waals surface area (Å²) in [6.45, 7) is 0. The number of hydrogen-bond donors (Lipinski definition) is 0. The smallest absolute Gasteiger partial charge is 0.330 e. The van der Waals surface area contributed by atoms with Crippen LogP contribution in [0.25, 0.3) is 0 Å². The first kappa shape index (κ1) is 12.1. The third-order valence-corrected chi connectivity index (χ3v) is 1.87. The minimum atomic E-state index is -0.670. The monoisotopic (exact) mass is 224 g/mol. The zero-order chi connectivity index (χ0) is 12.0. The third-order valence-electron chi connectivity index (χ3n) is 1.87. The van der Waals surface area contributed by atoms with Crippen molar-refractivity contribution in [2.24, 2.45) is 0 Å². The second kappa shape index (κ2) is 5.79. The van der Waals surface area contributed by atoms with Crippen LogP contribution < -0.4 is 0 Å². The molecular formula is C10H10NO5. The van der Waals surface area contributed by atoms with Gasteiger partial charge in [0.15, 0.2) is 6.29 Å². The van der Waals surface area contributed by atoms with Crippen LogP contribution in [0.5, 0.6) is 0 Å². The zero-order valence-electron chi connectivity index (χ0n) is 8.47. The van der Waals surface area contributed by atoms with E-state index in [2.05, 4.69) is 4.84 Å². The molecule has 1 aliphatic heterocycles. The minimum absolute atomic E-state index is 0.0543. The topological polar surface area (TPSA) is 80.8 Å². The lowest BCUT2D eigenvalue weighted by atomic mass is 10.2. The van der Waals surface area contributed by atoms with Crippen molar-refractivity contribution in [3.63, 3.8) is 0 Å². The van der Waals surface area contributed by atoms with Crippen LogP contribution in [0.3, 0.4) is 0 Å². The average molecular weight is 224 g/mol. The number of imide groups is 1. The molecule has 6 heteroatoms. The van der Waals surface area contributed by atoms with E-state index < -0.39 is 17.8 Å². The summed E-state index contributed by atoms with van der Waals surface area (Å²) < 4.78 is 0. The third kappa shape index (κ3) is 3.30. The Bertz CT molecular complexity index is 329. The fourth-order valence-corrected chi connectivity index (χ4v) is 1.09. The van der Waals surface area contributed by atoms with Gasteiger partial charge in [-0.15, -0.1) is 0 Å². The molecule has 85 valence electrons. The summed E-state index contributed by atoms with van der Waals surface area (Å²) in [6, 6.07) is 0. The summed E-state index contributed by atoms with van der Waals surface area (Å²) in [5.41, 5.74) is 0. The van der Waals surface area contributed by atoms with Crippen LogP contribution in [0.15, 0.2) is 12.2 Å². The van der Waals surface area contributed by atoms with Gasteiger partial charge in [-0.25, -0.2) is 4.79 Å². The Morgan fingerprint density at radius 3 is 2.44 bits per heavy atom. The van der Waals surface area contributed by atoms with Gasteiger partial charge in [-0.3, -0.25) is 14.4 Å². The minimum Gasteiger partial charge on any atom is -0.330 e. The predicted octanol–water partition coefficient (Wildman–Crippen LogP) is 0.0397. The molecular weight excluding hydrogens is 214 g/mol. The summed E-state index contributed by atoms with van der Waals surface area (Å²) >= 11 is 0. The van der Waals surface area contributed by atoms with Crippen molar-refractivity contribution in [3.8, 4) is 0 Å². The molecule has 0 saturated heterocycles. The Hall–Kier alpha value is -1.98.